The van der Waals surface area contributed by atoms with Crippen LogP contribution >= 0.6 is 0 Å². The highest BCUT2D eigenvalue weighted by atomic mass is 16.3. The number of rotatable bonds is 5. The SMILES string of the molecule is [2H]c1c([2H])c([2H])c(N(c2ccc(-c3ccccc3)cc2)c2cccc(-c3cccc4oc5c6ccccc6ccc5c34)c2)c([2H])c1[2H]. The fourth-order valence-corrected chi connectivity index (χ4v) is 5.80. The maximum Gasteiger partial charge on any atom is 0.143 e. The number of nitrogens with zero attached hydrogens (tertiary/aromatic N) is 1. The number of hydrogen-bond acceptors (Lipinski definition) is 2. The van der Waals surface area contributed by atoms with E-state index >= 15 is 0 Å². The van der Waals surface area contributed by atoms with Crippen molar-refractivity contribution in [3.05, 3.63) is 164 Å². The standard InChI is InChI=1S/C40H27NO/c1-3-11-28(12-4-1)29-21-24-33(25-22-29)41(32-15-5-2-6-16-32)34-17-9-14-31(27-34)35-19-10-20-38-39(35)37-26-23-30-13-7-8-18-36(30)40(37)42-38/h1-27H/i2D,5D,6D,15D,16D. The van der Waals surface area contributed by atoms with Gasteiger partial charge in [0.2, 0.25) is 0 Å². The van der Waals surface area contributed by atoms with Gasteiger partial charge in [0, 0.05) is 33.2 Å². The Morgan fingerprint density at radius 2 is 1.24 bits per heavy atom. The smallest absolute Gasteiger partial charge is 0.143 e. The molecule has 0 aliphatic carbocycles. The molecule has 198 valence electrons. The summed E-state index contributed by atoms with van der Waals surface area (Å²) in [5.74, 6) is 0. The Balaban J connectivity index is 1.33. The van der Waals surface area contributed by atoms with E-state index in [1.807, 2.05) is 103 Å². The molecule has 0 atom stereocenters. The third kappa shape index (κ3) is 4.13. The summed E-state index contributed by atoms with van der Waals surface area (Å²) in [6.45, 7) is 0. The van der Waals surface area contributed by atoms with Gasteiger partial charge in [-0.3, -0.25) is 0 Å². The lowest BCUT2D eigenvalue weighted by Gasteiger charge is -2.26. The monoisotopic (exact) mass is 542 g/mol. The Hall–Kier alpha value is -5.60. The molecule has 2 heteroatoms. The number of para-hydroxylation sites is 1. The third-order valence-electron chi connectivity index (χ3n) is 7.75. The van der Waals surface area contributed by atoms with Crippen molar-refractivity contribution < 1.29 is 11.3 Å². The molecule has 8 aromatic rings. The molecule has 0 radical (unpaired) electrons. The molecule has 0 bridgehead atoms. The predicted octanol–water partition coefficient (Wildman–Crippen LogP) is 11.5. The van der Waals surface area contributed by atoms with Gasteiger partial charge in [-0.15, -0.1) is 0 Å². The largest absolute Gasteiger partial charge is 0.455 e. The van der Waals surface area contributed by atoms with Gasteiger partial charge in [-0.25, -0.2) is 0 Å². The molecule has 8 rings (SSSR count). The molecule has 0 aliphatic rings. The van der Waals surface area contributed by atoms with E-state index in [0.717, 1.165) is 55.0 Å². The quantitative estimate of drug-likeness (QED) is 0.215. The van der Waals surface area contributed by atoms with E-state index < -0.39 is 6.04 Å². The highest BCUT2D eigenvalue weighted by molar-refractivity contribution is 6.19. The molecule has 7 aromatic carbocycles. The molecule has 0 unspecified atom stereocenters. The van der Waals surface area contributed by atoms with Gasteiger partial charge in [-0.2, -0.15) is 0 Å². The first-order valence-corrected chi connectivity index (χ1v) is 13.9. The van der Waals surface area contributed by atoms with Gasteiger partial charge in [0.25, 0.3) is 0 Å². The first-order valence-electron chi connectivity index (χ1n) is 16.4. The lowest BCUT2D eigenvalue weighted by atomic mass is 9.97. The van der Waals surface area contributed by atoms with Gasteiger partial charge in [-0.05, 0) is 76.1 Å². The molecular formula is C40H27NO. The molecular weight excluding hydrogens is 510 g/mol. The number of furan rings is 1. The van der Waals surface area contributed by atoms with Crippen molar-refractivity contribution in [1.29, 1.82) is 0 Å². The van der Waals surface area contributed by atoms with Crippen molar-refractivity contribution in [3.63, 3.8) is 0 Å². The second-order valence-corrected chi connectivity index (χ2v) is 10.2. The first kappa shape index (κ1) is 19.5. The lowest BCUT2D eigenvalue weighted by molar-refractivity contribution is 0.673. The summed E-state index contributed by atoms with van der Waals surface area (Å²) in [6, 6.07) is 42.4. The van der Waals surface area contributed by atoms with Crippen LogP contribution in [0.15, 0.2) is 168 Å². The first-order chi connectivity index (χ1) is 22.9. The normalized spacial score (nSPS) is 13.0. The van der Waals surface area contributed by atoms with Crippen molar-refractivity contribution in [2.75, 3.05) is 4.90 Å². The van der Waals surface area contributed by atoms with Gasteiger partial charge in [0.05, 0.1) is 6.85 Å². The van der Waals surface area contributed by atoms with Crippen LogP contribution in [-0.4, -0.2) is 0 Å². The van der Waals surface area contributed by atoms with Crippen LogP contribution < -0.4 is 4.90 Å². The molecule has 0 amide bonds. The fourth-order valence-electron chi connectivity index (χ4n) is 5.80. The molecule has 1 aromatic heterocycles. The zero-order chi connectivity index (χ0) is 32.2. The van der Waals surface area contributed by atoms with E-state index in [-0.39, 0.29) is 29.9 Å². The maximum absolute atomic E-state index is 8.88. The van der Waals surface area contributed by atoms with Crippen LogP contribution in [0.5, 0.6) is 0 Å². The van der Waals surface area contributed by atoms with Crippen LogP contribution in [0, 0.1) is 0 Å². The minimum Gasteiger partial charge on any atom is -0.455 e. The predicted molar refractivity (Wildman–Crippen MR) is 177 cm³/mol. The molecule has 0 spiro atoms. The number of fused-ring (bicyclic) bond motifs is 5. The van der Waals surface area contributed by atoms with Crippen molar-refractivity contribution in [3.8, 4) is 22.3 Å². The summed E-state index contributed by atoms with van der Waals surface area (Å²) in [6.07, 6.45) is 0. The maximum atomic E-state index is 8.88. The van der Waals surface area contributed by atoms with Crippen molar-refractivity contribution in [1.82, 2.24) is 0 Å². The Kier molecular flexibility index (Phi) is 4.68. The molecule has 1 heterocycles. The van der Waals surface area contributed by atoms with Crippen molar-refractivity contribution in [2.45, 2.75) is 0 Å². The zero-order valence-electron chi connectivity index (χ0n) is 27.6. The number of anilines is 3. The van der Waals surface area contributed by atoms with Crippen LogP contribution in [0.2, 0.25) is 0 Å². The summed E-state index contributed by atoms with van der Waals surface area (Å²) >= 11 is 0. The van der Waals surface area contributed by atoms with Crippen molar-refractivity contribution >= 4 is 49.8 Å². The van der Waals surface area contributed by atoms with Crippen LogP contribution in [0.3, 0.4) is 0 Å². The Labute approximate surface area is 251 Å². The number of benzene rings is 7. The molecule has 0 saturated carbocycles. The Morgan fingerprint density at radius 3 is 2.10 bits per heavy atom. The summed E-state index contributed by atoms with van der Waals surface area (Å²) in [7, 11) is 0. The van der Waals surface area contributed by atoms with Gasteiger partial charge in [-0.1, -0.05) is 115 Å². The van der Waals surface area contributed by atoms with E-state index in [2.05, 4.69) is 30.3 Å². The third-order valence-corrected chi connectivity index (χ3v) is 7.75. The van der Waals surface area contributed by atoms with Gasteiger partial charge < -0.3 is 9.32 Å². The molecule has 42 heavy (non-hydrogen) atoms. The fraction of sp³-hybridized carbons (Fsp3) is 0. The van der Waals surface area contributed by atoms with Gasteiger partial charge >= 0.3 is 0 Å². The van der Waals surface area contributed by atoms with E-state index in [0.29, 0.717) is 11.4 Å². The summed E-state index contributed by atoms with van der Waals surface area (Å²) in [5, 5.41) is 4.16. The van der Waals surface area contributed by atoms with E-state index in [4.69, 9.17) is 11.3 Å². The van der Waals surface area contributed by atoms with E-state index in [1.165, 1.54) is 0 Å². The molecule has 0 saturated heterocycles. The van der Waals surface area contributed by atoms with Crippen LogP contribution in [0.1, 0.15) is 6.85 Å². The average Bonchev–Trinajstić information content (AvgIpc) is 3.52. The minimum absolute atomic E-state index is 0.0825. The minimum atomic E-state index is -0.428. The molecule has 2 nitrogen and oxygen atoms in total. The van der Waals surface area contributed by atoms with E-state index in [9.17, 15) is 0 Å². The van der Waals surface area contributed by atoms with Crippen LogP contribution in [0.4, 0.5) is 17.1 Å². The second-order valence-electron chi connectivity index (χ2n) is 10.2. The summed E-state index contributed by atoms with van der Waals surface area (Å²) < 4.78 is 49.3. The molecule has 0 N–H and O–H groups in total. The Morgan fingerprint density at radius 1 is 0.500 bits per heavy atom. The Bertz CT molecular complexity index is 2440. The highest BCUT2D eigenvalue weighted by Gasteiger charge is 2.17. The van der Waals surface area contributed by atoms with Gasteiger partial charge in [0.1, 0.15) is 11.2 Å². The zero-order valence-corrected chi connectivity index (χ0v) is 22.6. The summed E-state index contributed by atoms with van der Waals surface area (Å²) in [4.78, 5) is 1.75. The van der Waals surface area contributed by atoms with Gasteiger partial charge in [0.15, 0.2) is 0 Å². The van der Waals surface area contributed by atoms with Crippen LogP contribution in [-0.2, 0) is 0 Å². The average molecular weight is 543 g/mol. The highest BCUT2D eigenvalue weighted by Crippen LogP contribution is 2.42. The topological polar surface area (TPSA) is 16.4 Å². The van der Waals surface area contributed by atoms with E-state index in [1.54, 1.807) is 4.90 Å². The lowest BCUT2D eigenvalue weighted by Crippen LogP contribution is -2.09. The molecule has 0 fully saturated rings. The number of hydrogen-bond donors (Lipinski definition) is 0. The van der Waals surface area contributed by atoms with Crippen molar-refractivity contribution in [2.24, 2.45) is 0 Å². The molecule has 0 aliphatic heterocycles. The summed E-state index contributed by atoms with van der Waals surface area (Å²) in [5.41, 5.74) is 6.96. The second kappa shape index (κ2) is 10.1. The van der Waals surface area contributed by atoms with Crippen LogP contribution in [0.25, 0.3) is 55.0 Å².